The van der Waals surface area contributed by atoms with E-state index in [0.717, 1.165) is 32.9 Å². The Kier molecular flexibility index (Phi) is 3.65. The van der Waals surface area contributed by atoms with Crippen LogP contribution in [0.4, 0.5) is 4.79 Å². The summed E-state index contributed by atoms with van der Waals surface area (Å²) in [5.41, 5.74) is 3.22. The first-order valence-electron chi connectivity index (χ1n) is 8.19. The largest absolute Gasteiger partial charge is 0.508 e. The lowest BCUT2D eigenvalue weighted by Gasteiger charge is -2.10. The summed E-state index contributed by atoms with van der Waals surface area (Å²) in [6.07, 6.45) is -0.420. The highest BCUT2D eigenvalue weighted by molar-refractivity contribution is 6.17. The highest BCUT2D eigenvalue weighted by atomic mass is 16.5. The molecule has 4 aromatic rings. The standard InChI is InChI=1S/C21H17NO3/c1-2-25-21(24)22-19-11-7-6-10-16(19)18-13-15(23)12-17(20(18)22)14-8-4-3-5-9-14/h3-13,23H,2H2,1H3. The van der Waals surface area contributed by atoms with Gasteiger partial charge in [-0.2, -0.15) is 0 Å². The molecule has 1 aromatic heterocycles. The van der Waals surface area contributed by atoms with Gasteiger partial charge >= 0.3 is 6.09 Å². The van der Waals surface area contributed by atoms with Gasteiger partial charge in [0.25, 0.3) is 0 Å². The first-order valence-corrected chi connectivity index (χ1v) is 8.19. The van der Waals surface area contributed by atoms with Gasteiger partial charge in [0.1, 0.15) is 5.75 Å². The number of phenolic OH excluding ortho intramolecular Hbond substituents is 1. The maximum atomic E-state index is 12.7. The zero-order valence-corrected chi connectivity index (χ0v) is 13.8. The van der Waals surface area contributed by atoms with E-state index in [9.17, 15) is 9.90 Å². The highest BCUT2D eigenvalue weighted by Gasteiger charge is 2.20. The van der Waals surface area contributed by atoms with E-state index in [-0.39, 0.29) is 5.75 Å². The number of rotatable bonds is 2. The molecule has 0 bridgehead atoms. The molecule has 0 spiro atoms. The number of phenols is 1. The van der Waals surface area contributed by atoms with Gasteiger partial charge in [0.05, 0.1) is 17.6 Å². The van der Waals surface area contributed by atoms with Crippen LogP contribution in [0.3, 0.4) is 0 Å². The number of aromatic nitrogens is 1. The molecular formula is C21H17NO3. The van der Waals surface area contributed by atoms with E-state index in [2.05, 4.69) is 0 Å². The van der Waals surface area contributed by atoms with Crippen molar-refractivity contribution in [3.8, 4) is 16.9 Å². The summed E-state index contributed by atoms with van der Waals surface area (Å²) in [7, 11) is 0. The average Bonchev–Trinajstić information content (AvgIpc) is 2.96. The molecule has 0 amide bonds. The molecule has 4 rings (SSSR count). The monoisotopic (exact) mass is 331 g/mol. The van der Waals surface area contributed by atoms with Crippen LogP contribution in [0.25, 0.3) is 32.9 Å². The minimum Gasteiger partial charge on any atom is -0.508 e. The van der Waals surface area contributed by atoms with Crippen LogP contribution >= 0.6 is 0 Å². The van der Waals surface area contributed by atoms with Crippen LogP contribution < -0.4 is 0 Å². The molecule has 0 aliphatic carbocycles. The van der Waals surface area contributed by atoms with Crippen molar-refractivity contribution in [1.82, 2.24) is 4.57 Å². The van der Waals surface area contributed by atoms with Crippen molar-refractivity contribution < 1.29 is 14.6 Å². The minimum absolute atomic E-state index is 0.165. The molecule has 4 nitrogen and oxygen atoms in total. The van der Waals surface area contributed by atoms with Gasteiger partial charge < -0.3 is 9.84 Å². The number of fused-ring (bicyclic) bond motifs is 3. The van der Waals surface area contributed by atoms with Gasteiger partial charge in [0.2, 0.25) is 0 Å². The Morgan fingerprint density at radius 2 is 1.72 bits per heavy atom. The zero-order chi connectivity index (χ0) is 17.4. The molecule has 0 fully saturated rings. The van der Waals surface area contributed by atoms with E-state index in [1.54, 1.807) is 23.6 Å². The quantitative estimate of drug-likeness (QED) is 0.551. The van der Waals surface area contributed by atoms with Crippen molar-refractivity contribution in [2.75, 3.05) is 6.61 Å². The summed E-state index contributed by atoms with van der Waals surface area (Å²) in [6, 6.07) is 20.7. The van der Waals surface area contributed by atoms with E-state index >= 15 is 0 Å². The average molecular weight is 331 g/mol. The van der Waals surface area contributed by atoms with Crippen molar-refractivity contribution in [2.24, 2.45) is 0 Å². The Hall–Kier alpha value is -3.27. The van der Waals surface area contributed by atoms with Crippen molar-refractivity contribution in [3.05, 3.63) is 66.7 Å². The summed E-state index contributed by atoms with van der Waals surface area (Å²) in [6.45, 7) is 2.08. The summed E-state index contributed by atoms with van der Waals surface area (Å²) >= 11 is 0. The van der Waals surface area contributed by atoms with Crippen LogP contribution in [0.5, 0.6) is 5.75 Å². The van der Waals surface area contributed by atoms with Crippen LogP contribution in [0, 0.1) is 0 Å². The van der Waals surface area contributed by atoms with Crippen LogP contribution in [0.15, 0.2) is 66.7 Å². The second-order valence-electron chi connectivity index (χ2n) is 5.81. The fraction of sp³-hybridized carbons (Fsp3) is 0.0952. The van der Waals surface area contributed by atoms with Gasteiger partial charge in [-0.05, 0) is 30.7 Å². The number of aromatic hydroxyl groups is 1. The van der Waals surface area contributed by atoms with Crippen molar-refractivity contribution in [2.45, 2.75) is 6.92 Å². The van der Waals surface area contributed by atoms with Gasteiger partial charge in [0.15, 0.2) is 0 Å². The third-order valence-electron chi connectivity index (χ3n) is 4.29. The molecule has 4 heteroatoms. The van der Waals surface area contributed by atoms with Crippen molar-refractivity contribution in [3.63, 3.8) is 0 Å². The lowest BCUT2D eigenvalue weighted by molar-refractivity contribution is 0.156. The number of ether oxygens (including phenoxy) is 1. The van der Waals surface area contributed by atoms with Crippen LogP contribution in [-0.4, -0.2) is 22.4 Å². The molecular weight excluding hydrogens is 314 g/mol. The number of carbonyl (C=O) groups is 1. The molecule has 1 heterocycles. The van der Waals surface area contributed by atoms with E-state index in [1.165, 1.54) is 0 Å². The number of hydrogen-bond donors (Lipinski definition) is 1. The van der Waals surface area contributed by atoms with Gasteiger partial charge in [0, 0.05) is 16.3 Å². The predicted molar refractivity (Wildman–Crippen MR) is 99.0 cm³/mol. The predicted octanol–water partition coefficient (Wildman–Crippen LogP) is 5.17. The van der Waals surface area contributed by atoms with Gasteiger partial charge in [-0.25, -0.2) is 9.36 Å². The summed E-state index contributed by atoms with van der Waals surface area (Å²) in [5.74, 6) is 0.165. The van der Waals surface area contributed by atoms with Gasteiger partial charge in [-0.1, -0.05) is 48.5 Å². The van der Waals surface area contributed by atoms with E-state index in [4.69, 9.17) is 4.74 Å². The van der Waals surface area contributed by atoms with Crippen molar-refractivity contribution >= 4 is 27.9 Å². The Balaban J connectivity index is 2.18. The smallest absolute Gasteiger partial charge is 0.418 e. The Bertz CT molecular complexity index is 1080. The Morgan fingerprint density at radius 3 is 2.48 bits per heavy atom. The summed E-state index contributed by atoms with van der Waals surface area (Å²) in [4.78, 5) is 12.7. The molecule has 0 aliphatic rings. The first kappa shape index (κ1) is 15.3. The molecule has 124 valence electrons. The Labute approximate surface area is 144 Å². The van der Waals surface area contributed by atoms with Crippen LogP contribution in [0.1, 0.15) is 6.92 Å². The number of nitrogens with zero attached hydrogens (tertiary/aromatic N) is 1. The normalized spacial score (nSPS) is 11.1. The summed E-state index contributed by atoms with van der Waals surface area (Å²) < 4.78 is 6.88. The second kappa shape index (κ2) is 5.98. The van der Waals surface area contributed by atoms with E-state index in [1.807, 2.05) is 54.6 Å². The van der Waals surface area contributed by atoms with E-state index in [0.29, 0.717) is 6.61 Å². The number of para-hydroxylation sites is 1. The van der Waals surface area contributed by atoms with Crippen LogP contribution in [0.2, 0.25) is 0 Å². The van der Waals surface area contributed by atoms with Gasteiger partial charge in [-0.3, -0.25) is 0 Å². The Morgan fingerprint density at radius 1 is 1.00 bits per heavy atom. The first-order chi connectivity index (χ1) is 12.2. The lowest BCUT2D eigenvalue weighted by atomic mass is 10.0. The molecule has 0 unspecified atom stereocenters. The lowest BCUT2D eigenvalue weighted by Crippen LogP contribution is -2.13. The molecule has 0 saturated carbocycles. The fourth-order valence-corrected chi connectivity index (χ4v) is 3.30. The van der Waals surface area contributed by atoms with Crippen molar-refractivity contribution in [1.29, 1.82) is 0 Å². The molecule has 25 heavy (non-hydrogen) atoms. The number of benzene rings is 3. The number of carbonyl (C=O) groups excluding carboxylic acids is 1. The SMILES string of the molecule is CCOC(=O)n1c2ccccc2c2cc(O)cc(-c3ccccc3)c21. The van der Waals surface area contributed by atoms with Gasteiger partial charge in [-0.15, -0.1) is 0 Å². The van der Waals surface area contributed by atoms with Crippen LogP contribution in [-0.2, 0) is 4.74 Å². The molecule has 3 aromatic carbocycles. The maximum Gasteiger partial charge on any atom is 0.418 e. The fourth-order valence-electron chi connectivity index (χ4n) is 3.30. The molecule has 0 radical (unpaired) electrons. The molecule has 0 saturated heterocycles. The third kappa shape index (κ3) is 2.43. The van der Waals surface area contributed by atoms with E-state index < -0.39 is 6.09 Å². The second-order valence-corrected chi connectivity index (χ2v) is 5.81. The molecule has 0 aliphatic heterocycles. The minimum atomic E-state index is -0.420. The number of hydrogen-bond acceptors (Lipinski definition) is 3. The zero-order valence-electron chi connectivity index (χ0n) is 13.8. The topological polar surface area (TPSA) is 51.5 Å². The molecule has 1 N–H and O–H groups in total. The maximum absolute atomic E-state index is 12.7. The summed E-state index contributed by atoms with van der Waals surface area (Å²) in [5, 5.41) is 12.0. The molecule has 0 atom stereocenters. The highest BCUT2D eigenvalue weighted by Crippen LogP contribution is 2.38. The third-order valence-corrected chi connectivity index (χ3v) is 4.29.